The first-order valence-electron chi connectivity index (χ1n) is 11.4. The van der Waals surface area contributed by atoms with Gasteiger partial charge in [-0.15, -0.1) is 13.2 Å². The van der Waals surface area contributed by atoms with Gasteiger partial charge in [-0.25, -0.2) is 14.0 Å². The van der Waals surface area contributed by atoms with Crippen LogP contribution in [-0.4, -0.2) is 42.5 Å². The molecule has 8 nitrogen and oxygen atoms in total. The maximum atomic E-state index is 13.5. The van der Waals surface area contributed by atoms with Gasteiger partial charge in [-0.05, 0) is 37.7 Å². The number of hydrogen-bond acceptors (Lipinski definition) is 4. The number of nitriles is 1. The van der Waals surface area contributed by atoms with Crippen LogP contribution in [0.25, 0.3) is 0 Å². The summed E-state index contributed by atoms with van der Waals surface area (Å²) in [6.07, 6.45) is -0.694. The largest absolute Gasteiger partial charge is 0.573 e. The summed E-state index contributed by atoms with van der Waals surface area (Å²) in [6.45, 7) is 9.15. The van der Waals surface area contributed by atoms with Gasteiger partial charge in [-0.1, -0.05) is 26.8 Å². The van der Waals surface area contributed by atoms with Crippen LogP contribution in [0.4, 0.5) is 27.2 Å². The smallest absolute Gasteiger partial charge is 0.406 e. The number of rotatable bonds is 4. The molecule has 1 saturated heterocycles. The number of nitrogens with zero attached hydrogens (tertiary/aromatic N) is 2. The van der Waals surface area contributed by atoms with Gasteiger partial charge in [0.2, 0.25) is 0 Å². The first-order valence-corrected chi connectivity index (χ1v) is 11.4. The average molecular weight is 506 g/mol. The average Bonchev–Trinajstić information content (AvgIpc) is 3.58. The molecular weight excluding hydrogens is 470 g/mol. The van der Waals surface area contributed by atoms with Crippen LogP contribution in [0.5, 0.6) is 5.75 Å². The lowest BCUT2D eigenvalue weighted by atomic mass is 10.0. The van der Waals surface area contributed by atoms with Gasteiger partial charge >= 0.3 is 18.4 Å². The minimum absolute atomic E-state index is 0.0745. The van der Waals surface area contributed by atoms with Crippen LogP contribution >= 0.6 is 0 Å². The Morgan fingerprint density at radius 1 is 1.26 bits per heavy atom. The Morgan fingerprint density at radius 3 is 2.29 bits per heavy atom. The number of piperidine rings is 1. The number of amides is 4. The lowest BCUT2D eigenvalue weighted by molar-refractivity contribution is -0.274. The van der Waals surface area contributed by atoms with Gasteiger partial charge in [0.25, 0.3) is 0 Å². The van der Waals surface area contributed by atoms with Crippen LogP contribution in [0.15, 0.2) is 18.2 Å². The van der Waals surface area contributed by atoms with E-state index in [-0.39, 0.29) is 24.2 Å². The van der Waals surface area contributed by atoms with E-state index in [1.54, 1.807) is 11.0 Å². The molecule has 4 amide bonds. The molecule has 1 heterocycles. The minimum atomic E-state index is -4.86. The fourth-order valence-corrected chi connectivity index (χ4v) is 2.90. The summed E-state index contributed by atoms with van der Waals surface area (Å²) in [5.74, 6) is -0.888. The van der Waals surface area contributed by atoms with Crippen molar-refractivity contribution in [3.63, 3.8) is 0 Å². The van der Waals surface area contributed by atoms with Gasteiger partial charge in [0, 0.05) is 44.2 Å². The van der Waals surface area contributed by atoms with E-state index in [0.717, 1.165) is 44.5 Å². The molecule has 1 aromatic carbocycles. The number of ether oxygens (including phenoxy) is 1. The summed E-state index contributed by atoms with van der Waals surface area (Å²) >= 11 is 0. The van der Waals surface area contributed by atoms with Crippen molar-refractivity contribution < 1.29 is 31.9 Å². The molecule has 0 spiro atoms. The third-order valence-electron chi connectivity index (χ3n) is 4.58. The first-order chi connectivity index (χ1) is 16.4. The van der Waals surface area contributed by atoms with E-state index < -0.39 is 24.0 Å². The molecule has 12 heteroatoms. The number of halogens is 4. The van der Waals surface area contributed by atoms with Crippen molar-refractivity contribution in [3.05, 3.63) is 29.6 Å². The van der Waals surface area contributed by atoms with Gasteiger partial charge in [-0.2, -0.15) is 5.26 Å². The standard InChI is InChI=1S/C12H12F4N2O2.C7H14N2O.C2H3N.C2H6/c13-10-5-9(20-12(14,15)16)4-1-7(10)6-17-11(19)18-8-2-3-8;1-6-3-2-4-9(5-6)7(8)10;1-2-3;1-2/h1,4-5,8H,2-3,6H2,(H2,17,18,19);6H,2-5H2,1H3,(H2,8,10);1H3;1-2H3. The summed E-state index contributed by atoms with van der Waals surface area (Å²) in [5, 5.41) is 12.4. The van der Waals surface area contributed by atoms with Crippen LogP contribution in [0, 0.1) is 23.1 Å². The maximum absolute atomic E-state index is 13.5. The number of primary amides is 1. The molecule has 0 radical (unpaired) electrons. The molecule has 198 valence electrons. The number of urea groups is 2. The molecule has 2 fully saturated rings. The zero-order valence-corrected chi connectivity index (χ0v) is 20.5. The molecule has 2 aliphatic rings. The molecule has 0 aromatic heterocycles. The van der Waals surface area contributed by atoms with Crippen molar-refractivity contribution >= 4 is 12.1 Å². The molecule has 1 saturated carbocycles. The Labute approximate surface area is 203 Å². The maximum Gasteiger partial charge on any atom is 0.573 e. The van der Waals surface area contributed by atoms with E-state index >= 15 is 0 Å². The van der Waals surface area contributed by atoms with Gasteiger partial charge in [-0.3, -0.25) is 0 Å². The second-order valence-corrected chi connectivity index (χ2v) is 7.66. The summed E-state index contributed by atoms with van der Waals surface area (Å²) in [5.41, 5.74) is 5.19. The highest BCUT2D eigenvalue weighted by Crippen LogP contribution is 2.24. The predicted molar refractivity (Wildman–Crippen MR) is 124 cm³/mol. The quantitative estimate of drug-likeness (QED) is 0.497. The van der Waals surface area contributed by atoms with Gasteiger partial charge in [0.1, 0.15) is 11.6 Å². The molecule has 1 atom stereocenters. The van der Waals surface area contributed by atoms with E-state index in [1.165, 1.54) is 13.3 Å². The molecule has 35 heavy (non-hydrogen) atoms. The highest BCUT2D eigenvalue weighted by molar-refractivity contribution is 5.74. The molecule has 4 N–H and O–H groups in total. The molecule has 1 aliphatic heterocycles. The van der Waals surface area contributed by atoms with E-state index in [2.05, 4.69) is 22.3 Å². The van der Waals surface area contributed by atoms with Crippen LogP contribution in [0.3, 0.4) is 0 Å². The summed E-state index contributed by atoms with van der Waals surface area (Å²) in [6, 6.07) is 3.97. The van der Waals surface area contributed by atoms with Crippen LogP contribution in [-0.2, 0) is 6.54 Å². The van der Waals surface area contributed by atoms with Gasteiger partial charge in [0.15, 0.2) is 0 Å². The van der Waals surface area contributed by atoms with Crippen LogP contribution in [0.1, 0.15) is 58.9 Å². The van der Waals surface area contributed by atoms with Crippen molar-refractivity contribution in [2.45, 2.75) is 72.3 Å². The number of carbonyl (C=O) groups is 2. The normalized spacial score (nSPS) is 16.4. The topological polar surface area (TPSA) is 120 Å². The Kier molecular flexibility index (Phi) is 14.9. The fourth-order valence-electron chi connectivity index (χ4n) is 2.90. The lowest BCUT2D eigenvalue weighted by Gasteiger charge is -2.29. The highest BCUT2D eigenvalue weighted by Gasteiger charge is 2.31. The van der Waals surface area contributed by atoms with E-state index in [0.29, 0.717) is 12.0 Å². The van der Waals surface area contributed by atoms with Crippen molar-refractivity contribution in [2.75, 3.05) is 13.1 Å². The fraction of sp³-hybridized carbons (Fsp3) is 0.609. The van der Waals surface area contributed by atoms with Crippen molar-refractivity contribution in [1.82, 2.24) is 15.5 Å². The number of nitrogens with two attached hydrogens (primary N) is 1. The minimum Gasteiger partial charge on any atom is -0.406 e. The molecule has 1 aromatic rings. The number of benzene rings is 1. The monoisotopic (exact) mass is 505 g/mol. The summed E-state index contributed by atoms with van der Waals surface area (Å²) in [4.78, 5) is 23.7. The molecule has 0 bridgehead atoms. The number of nitrogens with one attached hydrogen (secondary N) is 2. The molecule has 1 unspecified atom stereocenters. The van der Waals surface area contributed by atoms with Crippen LogP contribution in [0.2, 0.25) is 0 Å². The van der Waals surface area contributed by atoms with Crippen molar-refractivity contribution in [1.29, 1.82) is 5.26 Å². The lowest BCUT2D eigenvalue weighted by Crippen LogP contribution is -2.42. The first kappa shape index (κ1) is 31.8. The third-order valence-corrected chi connectivity index (χ3v) is 4.58. The van der Waals surface area contributed by atoms with Crippen LogP contribution < -0.4 is 21.1 Å². The third kappa shape index (κ3) is 15.3. The Morgan fingerprint density at radius 2 is 1.86 bits per heavy atom. The summed E-state index contributed by atoms with van der Waals surface area (Å²) < 4.78 is 53.0. The Bertz CT molecular complexity index is 826. The van der Waals surface area contributed by atoms with E-state index in [1.807, 2.05) is 13.8 Å². The number of likely N-dealkylation sites (tertiary alicyclic amines) is 1. The second-order valence-electron chi connectivity index (χ2n) is 7.66. The molecule has 1 aliphatic carbocycles. The number of carbonyl (C=O) groups excluding carboxylic acids is 2. The molecule has 3 rings (SSSR count). The summed E-state index contributed by atoms with van der Waals surface area (Å²) in [7, 11) is 0. The SMILES string of the molecule is CC.CC#N.CC1CCCN(C(N)=O)C1.O=C(NCc1ccc(OC(F)(F)F)cc1F)NC1CC1. The van der Waals surface area contributed by atoms with Crippen molar-refractivity contribution in [2.24, 2.45) is 11.7 Å². The predicted octanol–water partition coefficient (Wildman–Crippen LogP) is 5.04. The van der Waals surface area contributed by atoms with Gasteiger partial charge < -0.3 is 26.0 Å². The van der Waals surface area contributed by atoms with Crippen molar-refractivity contribution in [3.8, 4) is 11.8 Å². The molecular formula is C23H35F4N5O3. The second kappa shape index (κ2) is 16.4. The Balaban J connectivity index is 0.000000644. The number of hydrogen-bond donors (Lipinski definition) is 3. The van der Waals surface area contributed by atoms with Gasteiger partial charge in [0.05, 0.1) is 6.07 Å². The highest BCUT2D eigenvalue weighted by atomic mass is 19.4. The zero-order chi connectivity index (χ0) is 27.0. The van der Waals surface area contributed by atoms with E-state index in [4.69, 9.17) is 11.0 Å². The Hall–Kier alpha value is -3.23. The number of alkyl halides is 3. The van der Waals surface area contributed by atoms with E-state index in [9.17, 15) is 27.2 Å². The zero-order valence-electron chi connectivity index (χ0n) is 20.5.